The van der Waals surface area contributed by atoms with Gasteiger partial charge in [0.2, 0.25) is 0 Å². The maximum absolute atomic E-state index is 2.73. The number of nitrogens with zero attached hydrogens (tertiary/aromatic N) is 3. The molecule has 0 aromatic carbocycles. The van der Waals surface area contributed by atoms with Crippen LogP contribution in [0.25, 0.3) is 0 Å². The molecule has 0 aliphatic carbocycles. The van der Waals surface area contributed by atoms with E-state index in [9.17, 15) is 0 Å². The minimum absolute atomic E-state index is 0.822. The fourth-order valence-electron chi connectivity index (χ4n) is 3.35. The van der Waals surface area contributed by atoms with Crippen molar-refractivity contribution in [3.05, 3.63) is 0 Å². The number of hydrogen-bond acceptors (Lipinski definition) is 3. The van der Waals surface area contributed by atoms with Crippen LogP contribution < -0.4 is 0 Å². The fourth-order valence-corrected chi connectivity index (χ4v) is 3.35. The SMILES string of the molecule is CN1CCN2C[C@@H]3CCCN3CC2C1. The van der Waals surface area contributed by atoms with Crippen LogP contribution in [0.1, 0.15) is 12.8 Å². The maximum atomic E-state index is 2.73. The van der Waals surface area contributed by atoms with Crippen LogP contribution in [0.2, 0.25) is 0 Å². The molecule has 0 amide bonds. The zero-order chi connectivity index (χ0) is 9.54. The lowest BCUT2D eigenvalue weighted by Gasteiger charge is -2.48. The molecule has 3 fully saturated rings. The summed E-state index contributed by atoms with van der Waals surface area (Å²) in [6, 6.07) is 1.72. The average molecular weight is 195 g/mol. The van der Waals surface area contributed by atoms with Crippen LogP contribution in [0, 0.1) is 0 Å². The minimum Gasteiger partial charge on any atom is -0.303 e. The third-order valence-corrected chi connectivity index (χ3v) is 4.20. The summed E-state index contributed by atoms with van der Waals surface area (Å²) in [4.78, 5) is 7.93. The van der Waals surface area contributed by atoms with Crippen LogP contribution >= 0.6 is 0 Å². The van der Waals surface area contributed by atoms with E-state index in [1.165, 1.54) is 52.1 Å². The van der Waals surface area contributed by atoms with E-state index in [0.29, 0.717) is 0 Å². The molecule has 3 heteroatoms. The molecule has 1 unspecified atom stereocenters. The lowest BCUT2D eigenvalue weighted by atomic mass is 10.0. The Morgan fingerprint density at radius 1 is 0.857 bits per heavy atom. The van der Waals surface area contributed by atoms with Gasteiger partial charge in [-0.25, -0.2) is 0 Å². The van der Waals surface area contributed by atoms with E-state index < -0.39 is 0 Å². The second-order valence-electron chi connectivity index (χ2n) is 5.20. The van der Waals surface area contributed by atoms with Crippen molar-refractivity contribution < 1.29 is 0 Å². The largest absolute Gasteiger partial charge is 0.303 e. The Hall–Kier alpha value is -0.120. The first-order valence-corrected chi connectivity index (χ1v) is 5.99. The summed E-state index contributed by atoms with van der Waals surface area (Å²) in [5, 5.41) is 0. The highest BCUT2D eigenvalue weighted by molar-refractivity contribution is 4.95. The summed E-state index contributed by atoms with van der Waals surface area (Å²) in [5.41, 5.74) is 0. The van der Waals surface area contributed by atoms with E-state index in [2.05, 4.69) is 21.7 Å². The molecule has 0 aromatic heterocycles. The zero-order valence-electron chi connectivity index (χ0n) is 9.15. The molecule has 3 aliphatic heterocycles. The van der Waals surface area contributed by atoms with Gasteiger partial charge in [-0.15, -0.1) is 0 Å². The number of hydrogen-bond donors (Lipinski definition) is 0. The highest BCUT2D eigenvalue weighted by Crippen LogP contribution is 2.25. The Morgan fingerprint density at radius 2 is 1.64 bits per heavy atom. The molecule has 3 nitrogen and oxygen atoms in total. The molecule has 3 rings (SSSR count). The molecule has 0 saturated carbocycles. The molecule has 3 aliphatic rings. The Labute approximate surface area is 86.7 Å². The van der Waals surface area contributed by atoms with Gasteiger partial charge >= 0.3 is 0 Å². The molecule has 0 radical (unpaired) electrons. The molecule has 80 valence electrons. The maximum Gasteiger partial charge on any atom is 0.0351 e. The van der Waals surface area contributed by atoms with E-state index in [1.807, 2.05) is 0 Å². The summed E-state index contributed by atoms with van der Waals surface area (Å²) in [7, 11) is 2.26. The zero-order valence-corrected chi connectivity index (χ0v) is 9.15. The van der Waals surface area contributed by atoms with Gasteiger partial charge in [0.25, 0.3) is 0 Å². The Balaban J connectivity index is 1.70. The van der Waals surface area contributed by atoms with Gasteiger partial charge < -0.3 is 4.90 Å². The molecule has 0 N–H and O–H groups in total. The van der Waals surface area contributed by atoms with Gasteiger partial charge in [0.1, 0.15) is 0 Å². The third-order valence-electron chi connectivity index (χ3n) is 4.20. The number of piperazine rings is 2. The van der Waals surface area contributed by atoms with Gasteiger partial charge in [-0.1, -0.05) is 0 Å². The highest BCUT2D eigenvalue weighted by Gasteiger charge is 2.37. The van der Waals surface area contributed by atoms with E-state index in [1.54, 1.807) is 0 Å². The van der Waals surface area contributed by atoms with Crippen LogP contribution in [0.4, 0.5) is 0 Å². The second-order valence-corrected chi connectivity index (χ2v) is 5.20. The first-order chi connectivity index (χ1) is 6.83. The van der Waals surface area contributed by atoms with Crippen LogP contribution in [-0.2, 0) is 0 Å². The quantitative estimate of drug-likeness (QED) is 0.542. The molecule has 3 heterocycles. The highest BCUT2D eigenvalue weighted by atomic mass is 15.4. The molecule has 2 atom stereocenters. The predicted molar refractivity (Wildman–Crippen MR) is 57.5 cm³/mol. The normalized spacial score (nSPS) is 40.9. The molecule has 3 saturated heterocycles. The van der Waals surface area contributed by atoms with Crippen molar-refractivity contribution in [1.29, 1.82) is 0 Å². The fraction of sp³-hybridized carbons (Fsp3) is 1.00. The van der Waals surface area contributed by atoms with Gasteiger partial charge in [-0.05, 0) is 26.4 Å². The van der Waals surface area contributed by atoms with Crippen molar-refractivity contribution in [2.75, 3.05) is 46.3 Å². The molecule has 0 spiro atoms. The third kappa shape index (κ3) is 1.47. The van der Waals surface area contributed by atoms with Crippen LogP contribution in [-0.4, -0.2) is 73.1 Å². The summed E-state index contributed by atoms with van der Waals surface area (Å²) in [6.07, 6.45) is 2.88. The summed E-state index contributed by atoms with van der Waals surface area (Å²) >= 11 is 0. The first kappa shape index (κ1) is 9.13. The minimum atomic E-state index is 0.822. The average Bonchev–Trinajstić information content (AvgIpc) is 2.61. The molecule has 14 heavy (non-hydrogen) atoms. The van der Waals surface area contributed by atoms with Crippen molar-refractivity contribution >= 4 is 0 Å². The van der Waals surface area contributed by atoms with Crippen molar-refractivity contribution in [2.24, 2.45) is 0 Å². The Morgan fingerprint density at radius 3 is 2.57 bits per heavy atom. The van der Waals surface area contributed by atoms with Crippen LogP contribution in [0.5, 0.6) is 0 Å². The van der Waals surface area contributed by atoms with Gasteiger partial charge in [0, 0.05) is 44.8 Å². The van der Waals surface area contributed by atoms with E-state index >= 15 is 0 Å². The monoisotopic (exact) mass is 195 g/mol. The van der Waals surface area contributed by atoms with Crippen LogP contribution in [0.3, 0.4) is 0 Å². The van der Waals surface area contributed by atoms with Crippen molar-refractivity contribution in [3.8, 4) is 0 Å². The van der Waals surface area contributed by atoms with Gasteiger partial charge in [0.15, 0.2) is 0 Å². The summed E-state index contributed by atoms with van der Waals surface area (Å²) in [5.74, 6) is 0. The van der Waals surface area contributed by atoms with Gasteiger partial charge in [-0.2, -0.15) is 0 Å². The Kier molecular flexibility index (Phi) is 2.26. The van der Waals surface area contributed by atoms with Crippen molar-refractivity contribution in [2.45, 2.75) is 24.9 Å². The smallest absolute Gasteiger partial charge is 0.0351 e. The van der Waals surface area contributed by atoms with Gasteiger partial charge in [0.05, 0.1) is 0 Å². The molecule has 0 bridgehead atoms. The summed E-state index contributed by atoms with van der Waals surface area (Å²) < 4.78 is 0. The lowest BCUT2D eigenvalue weighted by Crippen LogP contribution is -2.63. The number of fused-ring (bicyclic) bond motifs is 2. The Bertz CT molecular complexity index is 219. The number of likely N-dealkylation sites (N-methyl/N-ethyl adjacent to an activating group) is 1. The van der Waals surface area contributed by atoms with Gasteiger partial charge in [-0.3, -0.25) is 9.80 Å². The summed E-state index contributed by atoms with van der Waals surface area (Å²) in [6.45, 7) is 7.88. The van der Waals surface area contributed by atoms with E-state index in [-0.39, 0.29) is 0 Å². The second kappa shape index (κ2) is 3.47. The standard InChI is InChI=1S/C11H21N3/c1-12-5-6-14-8-10-3-2-4-13(10)9-11(14)7-12/h10-11H,2-9H2,1H3/t10-,11?/m0/s1. The molecular weight excluding hydrogens is 174 g/mol. The molecule has 0 aromatic rings. The topological polar surface area (TPSA) is 9.72 Å². The van der Waals surface area contributed by atoms with Crippen molar-refractivity contribution in [3.63, 3.8) is 0 Å². The van der Waals surface area contributed by atoms with E-state index in [4.69, 9.17) is 0 Å². The lowest BCUT2D eigenvalue weighted by molar-refractivity contribution is 0.00396. The molecular formula is C11H21N3. The first-order valence-electron chi connectivity index (χ1n) is 5.99. The number of rotatable bonds is 0. The predicted octanol–water partition coefficient (Wildman–Crippen LogP) is 0.0804. The van der Waals surface area contributed by atoms with E-state index in [0.717, 1.165) is 12.1 Å². The van der Waals surface area contributed by atoms with Crippen LogP contribution in [0.15, 0.2) is 0 Å². The van der Waals surface area contributed by atoms with Crippen molar-refractivity contribution in [1.82, 2.24) is 14.7 Å².